The normalized spacial score (nSPS) is 19.9. The molecule has 176 valence electrons. The van der Waals surface area contributed by atoms with Crippen LogP contribution in [0, 0.1) is 0 Å². The molecule has 0 unspecified atom stereocenters. The van der Waals surface area contributed by atoms with Gasteiger partial charge >= 0.3 is 0 Å². The van der Waals surface area contributed by atoms with E-state index in [1.807, 2.05) is 0 Å². The number of hydrogen-bond acceptors (Lipinski definition) is 5. The molecule has 0 atom stereocenters. The van der Waals surface area contributed by atoms with Crippen molar-refractivity contribution in [3.63, 3.8) is 0 Å². The number of ether oxygens (including phenoxy) is 1. The fraction of sp³-hybridized carbons (Fsp3) is 0.519. The van der Waals surface area contributed by atoms with E-state index in [2.05, 4.69) is 68.1 Å². The number of nitrogens with zero attached hydrogens (tertiary/aromatic N) is 4. The van der Waals surface area contributed by atoms with Crippen LogP contribution in [0.1, 0.15) is 16.7 Å². The molecule has 5 rings (SSSR count). The van der Waals surface area contributed by atoms with Crippen LogP contribution in [-0.2, 0) is 24.2 Å². The van der Waals surface area contributed by atoms with Crippen molar-refractivity contribution in [1.82, 2.24) is 19.6 Å². The Balaban J connectivity index is 1.02. The Morgan fingerprint density at radius 3 is 2.30 bits per heavy atom. The van der Waals surface area contributed by atoms with Crippen molar-refractivity contribution >= 4 is 5.91 Å². The van der Waals surface area contributed by atoms with E-state index < -0.39 is 0 Å². The molecule has 3 aliphatic heterocycles. The summed E-state index contributed by atoms with van der Waals surface area (Å²) in [6, 6.07) is 17.2. The quantitative estimate of drug-likeness (QED) is 0.649. The molecule has 0 spiro atoms. The highest BCUT2D eigenvalue weighted by Gasteiger charge is 2.26. The van der Waals surface area contributed by atoms with Gasteiger partial charge in [-0.1, -0.05) is 48.5 Å². The maximum absolute atomic E-state index is 12.9. The third kappa shape index (κ3) is 5.75. The summed E-state index contributed by atoms with van der Waals surface area (Å²) in [7, 11) is 0. The van der Waals surface area contributed by atoms with Crippen molar-refractivity contribution in [3.05, 3.63) is 65.2 Å². The molecular weight excluding hydrogens is 412 g/mol. The van der Waals surface area contributed by atoms with Crippen molar-refractivity contribution in [2.45, 2.75) is 19.4 Å². The van der Waals surface area contributed by atoms with Gasteiger partial charge in [-0.2, -0.15) is 0 Å². The molecular formula is C27H36N4O2. The number of fused-ring (bicyclic) bond motifs is 1. The number of rotatable bonds is 7. The summed E-state index contributed by atoms with van der Waals surface area (Å²) in [6.07, 6.45) is 2.12. The predicted molar refractivity (Wildman–Crippen MR) is 131 cm³/mol. The van der Waals surface area contributed by atoms with E-state index in [0.29, 0.717) is 6.54 Å². The van der Waals surface area contributed by atoms with E-state index in [-0.39, 0.29) is 5.91 Å². The van der Waals surface area contributed by atoms with Gasteiger partial charge in [0, 0.05) is 77.4 Å². The summed E-state index contributed by atoms with van der Waals surface area (Å²) in [5.74, 6) is 1.38. The lowest BCUT2D eigenvalue weighted by molar-refractivity contribution is -0.134. The van der Waals surface area contributed by atoms with E-state index in [9.17, 15) is 4.79 Å². The average molecular weight is 449 g/mol. The number of hydrogen-bond donors (Lipinski definition) is 0. The highest BCUT2D eigenvalue weighted by Crippen LogP contribution is 2.30. The molecule has 3 aliphatic rings. The molecule has 2 aromatic rings. The van der Waals surface area contributed by atoms with Gasteiger partial charge in [0.2, 0.25) is 5.91 Å². The molecule has 6 heteroatoms. The molecule has 1 amide bonds. The predicted octanol–water partition coefficient (Wildman–Crippen LogP) is 2.13. The lowest BCUT2D eigenvalue weighted by Crippen LogP contribution is -2.53. The number of carbonyl (C=O) groups is 1. The van der Waals surface area contributed by atoms with Gasteiger partial charge in [0.05, 0.1) is 13.2 Å². The SMILES string of the molecule is O=C(CN1CCN(CCc2ccccc2)CC1)N1CCN(Cc2cccc3c2OCC3)CC1. The molecule has 0 bridgehead atoms. The minimum Gasteiger partial charge on any atom is -0.493 e. The zero-order valence-electron chi connectivity index (χ0n) is 19.6. The molecule has 0 aliphatic carbocycles. The molecule has 2 fully saturated rings. The monoisotopic (exact) mass is 448 g/mol. The molecule has 0 N–H and O–H groups in total. The van der Waals surface area contributed by atoms with Crippen molar-refractivity contribution < 1.29 is 9.53 Å². The Labute approximate surface area is 197 Å². The maximum atomic E-state index is 12.9. The molecule has 2 aromatic carbocycles. The summed E-state index contributed by atoms with van der Waals surface area (Å²) >= 11 is 0. The van der Waals surface area contributed by atoms with Crippen LogP contribution < -0.4 is 4.74 Å². The van der Waals surface area contributed by atoms with Crippen LogP contribution in [0.25, 0.3) is 0 Å². The first-order valence-corrected chi connectivity index (χ1v) is 12.5. The standard InChI is InChI=1S/C27H36N4O2/c32-26(22-30-14-12-28(13-15-30)11-9-23-5-2-1-3-6-23)31-18-16-29(17-19-31)21-25-8-4-7-24-10-20-33-27(24)25/h1-8H,9-22H2. The van der Waals surface area contributed by atoms with Crippen molar-refractivity contribution in [2.24, 2.45) is 0 Å². The maximum Gasteiger partial charge on any atom is 0.236 e. The molecule has 0 radical (unpaired) electrons. The van der Waals surface area contributed by atoms with Crippen LogP contribution in [0.15, 0.2) is 48.5 Å². The summed E-state index contributed by atoms with van der Waals surface area (Å²) in [6.45, 7) is 11.0. The first-order valence-electron chi connectivity index (χ1n) is 12.5. The summed E-state index contributed by atoms with van der Waals surface area (Å²) in [4.78, 5) is 22.3. The van der Waals surface area contributed by atoms with Crippen LogP contribution in [0.4, 0.5) is 0 Å². The van der Waals surface area contributed by atoms with Crippen molar-refractivity contribution in [3.8, 4) is 5.75 Å². The number of carbonyl (C=O) groups excluding carboxylic acids is 1. The third-order valence-corrected chi connectivity index (χ3v) is 7.30. The number of para-hydroxylation sites is 1. The Morgan fingerprint density at radius 2 is 1.52 bits per heavy atom. The lowest BCUT2D eigenvalue weighted by atomic mass is 10.1. The van der Waals surface area contributed by atoms with Gasteiger partial charge in [-0.15, -0.1) is 0 Å². The fourth-order valence-corrected chi connectivity index (χ4v) is 5.20. The third-order valence-electron chi connectivity index (χ3n) is 7.30. The Morgan fingerprint density at radius 1 is 0.788 bits per heavy atom. The zero-order chi connectivity index (χ0) is 22.5. The van der Waals surface area contributed by atoms with Crippen LogP contribution in [-0.4, -0.2) is 97.6 Å². The number of benzene rings is 2. The van der Waals surface area contributed by atoms with Crippen LogP contribution in [0.5, 0.6) is 5.75 Å². The van der Waals surface area contributed by atoms with Gasteiger partial charge in [0.25, 0.3) is 0 Å². The van der Waals surface area contributed by atoms with Gasteiger partial charge in [-0.25, -0.2) is 0 Å². The van der Waals surface area contributed by atoms with Crippen LogP contribution in [0.3, 0.4) is 0 Å². The van der Waals surface area contributed by atoms with E-state index in [1.54, 1.807) is 0 Å². The molecule has 33 heavy (non-hydrogen) atoms. The van der Waals surface area contributed by atoms with E-state index in [1.165, 1.54) is 16.7 Å². The fourth-order valence-electron chi connectivity index (χ4n) is 5.20. The van der Waals surface area contributed by atoms with E-state index >= 15 is 0 Å². The molecule has 0 saturated carbocycles. The highest BCUT2D eigenvalue weighted by molar-refractivity contribution is 5.78. The number of amides is 1. The molecule has 2 saturated heterocycles. The van der Waals surface area contributed by atoms with E-state index in [0.717, 1.165) is 90.6 Å². The van der Waals surface area contributed by atoms with E-state index in [4.69, 9.17) is 4.74 Å². The first-order chi connectivity index (χ1) is 16.2. The summed E-state index contributed by atoms with van der Waals surface area (Å²) in [5.41, 5.74) is 4.02. The van der Waals surface area contributed by atoms with Crippen LogP contribution in [0.2, 0.25) is 0 Å². The Kier molecular flexibility index (Phi) is 7.24. The lowest BCUT2D eigenvalue weighted by Gasteiger charge is -2.38. The van der Waals surface area contributed by atoms with Gasteiger partial charge in [0.1, 0.15) is 5.75 Å². The Bertz CT molecular complexity index is 919. The first kappa shape index (κ1) is 22.4. The highest BCUT2D eigenvalue weighted by atomic mass is 16.5. The average Bonchev–Trinajstić information content (AvgIpc) is 3.35. The summed E-state index contributed by atoms with van der Waals surface area (Å²) < 4.78 is 5.86. The van der Waals surface area contributed by atoms with Gasteiger partial charge < -0.3 is 14.5 Å². The molecule has 6 nitrogen and oxygen atoms in total. The second kappa shape index (κ2) is 10.7. The summed E-state index contributed by atoms with van der Waals surface area (Å²) in [5, 5.41) is 0. The molecule has 0 aromatic heterocycles. The zero-order valence-corrected chi connectivity index (χ0v) is 19.6. The smallest absolute Gasteiger partial charge is 0.236 e. The minimum atomic E-state index is 0.288. The Hall–Kier alpha value is -2.41. The van der Waals surface area contributed by atoms with Gasteiger partial charge in [-0.3, -0.25) is 14.6 Å². The molecule has 3 heterocycles. The second-order valence-electron chi connectivity index (χ2n) is 9.51. The largest absolute Gasteiger partial charge is 0.493 e. The number of piperazine rings is 2. The van der Waals surface area contributed by atoms with Gasteiger partial charge in [0.15, 0.2) is 0 Å². The van der Waals surface area contributed by atoms with Gasteiger partial charge in [-0.05, 0) is 17.5 Å². The minimum absolute atomic E-state index is 0.288. The van der Waals surface area contributed by atoms with Crippen molar-refractivity contribution in [2.75, 3.05) is 72.1 Å². The van der Waals surface area contributed by atoms with Crippen molar-refractivity contribution in [1.29, 1.82) is 0 Å². The second-order valence-corrected chi connectivity index (χ2v) is 9.51. The van der Waals surface area contributed by atoms with Crippen LogP contribution >= 0.6 is 0 Å². The topological polar surface area (TPSA) is 39.3 Å².